The Kier molecular flexibility index (Phi) is 6.46. The molecule has 2 aliphatic rings. The lowest BCUT2D eigenvalue weighted by molar-refractivity contribution is -0.139. The van der Waals surface area contributed by atoms with Gasteiger partial charge in [0.05, 0.1) is 0 Å². The summed E-state index contributed by atoms with van der Waals surface area (Å²) in [6.45, 7) is 6.06. The lowest BCUT2D eigenvalue weighted by atomic mass is 9.95. The van der Waals surface area contributed by atoms with Crippen LogP contribution in [0.2, 0.25) is 0 Å². The number of carbonyl (C=O) groups excluding carboxylic acids is 3. The zero-order chi connectivity index (χ0) is 17.5. The number of barbiturate groups is 1. The second-order valence-corrected chi connectivity index (χ2v) is 6.05. The summed E-state index contributed by atoms with van der Waals surface area (Å²) in [5, 5.41) is 2.24. The molecular weight excluding hydrogens is 306 g/mol. The number of amides is 4. The molecule has 1 saturated heterocycles. The molecule has 130 valence electrons. The van der Waals surface area contributed by atoms with E-state index in [0.717, 1.165) is 24.2 Å². The molecule has 0 spiro atoms. The van der Waals surface area contributed by atoms with E-state index in [0.29, 0.717) is 18.7 Å². The molecule has 0 saturated carbocycles. The van der Waals surface area contributed by atoms with Gasteiger partial charge in [0, 0.05) is 18.8 Å². The van der Waals surface area contributed by atoms with Crippen LogP contribution in [-0.4, -0.2) is 41.5 Å². The summed E-state index contributed by atoms with van der Waals surface area (Å²) in [5.41, 5.74) is 1.94. The van der Waals surface area contributed by atoms with Gasteiger partial charge in [0.2, 0.25) is 11.8 Å². The van der Waals surface area contributed by atoms with Crippen molar-refractivity contribution in [2.24, 2.45) is 10.9 Å². The highest BCUT2D eigenvalue weighted by molar-refractivity contribution is 6.27. The fraction of sp³-hybridized carbons (Fsp3) is 0.556. The van der Waals surface area contributed by atoms with Gasteiger partial charge in [-0.2, -0.15) is 0 Å². The Morgan fingerprint density at radius 2 is 2.21 bits per heavy atom. The molecule has 1 aliphatic carbocycles. The smallest absolute Gasteiger partial charge is 0.292 e. The standard InChI is InChI=1S/C18H25N3O3/c1-3-12-21-17(23)15(16(22)20-18(21)24)14(4-2)19-11-10-13-8-6-5-7-9-13/h3,8,15H,1,4-7,9-12H2,2H3,(H,20,22,24). The normalized spacial score (nSPS) is 22.3. The Balaban J connectivity index is 2.08. The summed E-state index contributed by atoms with van der Waals surface area (Å²) in [6, 6.07) is -0.691. The van der Waals surface area contributed by atoms with Crippen LogP contribution < -0.4 is 5.32 Å². The zero-order valence-electron chi connectivity index (χ0n) is 14.2. The number of nitrogens with zero attached hydrogens (tertiary/aromatic N) is 2. The Labute approximate surface area is 142 Å². The van der Waals surface area contributed by atoms with Crippen molar-refractivity contribution in [2.45, 2.75) is 45.4 Å². The molecule has 0 aromatic heterocycles. The quantitative estimate of drug-likeness (QED) is 0.442. The molecule has 0 radical (unpaired) electrons. The van der Waals surface area contributed by atoms with Crippen LogP contribution in [0.1, 0.15) is 45.4 Å². The number of hydrogen-bond acceptors (Lipinski definition) is 4. The van der Waals surface area contributed by atoms with Gasteiger partial charge in [0.15, 0.2) is 5.92 Å². The molecule has 1 N–H and O–H groups in total. The average molecular weight is 331 g/mol. The third-order valence-electron chi connectivity index (χ3n) is 4.39. The van der Waals surface area contributed by atoms with Gasteiger partial charge < -0.3 is 0 Å². The number of aliphatic imine (C=N–C) groups is 1. The molecule has 6 nitrogen and oxygen atoms in total. The van der Waals surface area contributed by atoms with E-state index in [4.69, 9.17) is 0 Å². The second kappa shape index (κ2) is 8.57. The van der Waals surface area contributed by atoms with Crippen molar-refractivity contribution < 1.29 is 14.4 Å². The number of hydrogen-bond donors (Lipinski definition) is 1. The van der Waals surface area contributed by atoms with Crippen molar-refractivity contribution in [1.82, 2.24) is 10.2 Å². The highest BCUT2D eigenvalue weighted by Crippen LogP contribution is 2.20. The van der Waals surface area contributed by atoms with Crippen molar-refractivity contribution >= 4 is 23.6 Å². The lowest BCUT2D eigenvalue weighted by Crippen LogP contribution is -2.59. The summed E-state index contributed by atoms with van der Waals surface area (Å²) >= 11 is 0. The van der Waals surface area contributed by atoms with Gasteiger partial charge in [-0.25, -0.2) is 4.79 Å². The van der Waals surface area contributed by atoms with Crippen LogP contribution in [0.3, 0.4) is 0 Å². The Bertz CT molecular complexity index is 592. The fourth-order valence-corrected chi connectivity index (χ4v) is 3.09. The van der Waals surface area contributed by atoms with Gasteiger partial charge >= 0.3 is 6.03 Å². The Hall–Kier alpha value is -2.24. The first kappa shape index (κ1) is 18.1. The fourth-order valence-electron chi connectivity index (χ4n) is 3.09. The van der Waals surface area contributed by atoms with Crippen molar-refractivity contribution in [3.8, 4) is 0 Å². The molecule has 1 heterocycles. The maximum absolute atomic E-state index is 12.5. The Morgan fingerprint density at radius 1 is 1.42 bits per heavy atom. The van der Waals surface area contributed by atoms with Gasteiger partial charge in [0.1, 0.15) is 0 Å². The van der Waals surface area contributed by atoms with E-state index in [2.05, 4.69) is 23.0 Å². The Morgan fingerprint density at radius 3 is 2.83 bits per heavy atom. The van der Waals surface area contributed by atoms with E-state index < -0.39 is 23.8 Å². The molecule has 0 aromatic carbocycles. The van der Waals surface area contributed by atoms with Crippen LogP contribution in [0, 0.1) is 5.92 Å². The second-order valence-electron chi connectivity index (χ2n) is 6.05. The topological polar surface area (TPSA) is 78.8 Å². The van der Waals surface area contributed by atoms with E-state index >= 15 is 0 Å². The molecule has 0 aromatic rings. The number of urea groups is 1. The third-order valence-corrected chi connectivity index (χ3v) is 4.39. The first-order valence-corrected chi connectivity index (χ1v) is 8.56. The summed E-state index contributed by atoms with van der Waals surface area (Å²) in [7, 11) is 0. The first-order chi connectivity index (χ1) is 11.6. The van der Waals surface area contributed by atoms with Crippen LogP contribution in [0.5, 0.6) is 0 Å². The molecule has 1 aliphatic heterocycles. The summed E-state index contributed by atoms with van der Waals surface area (Å²) in [5.74, 6) is -2.10. The van der Waals surface area contributed by atoms with Crippen LogP contribution >= 0.6 is 0 Å². The van der Waals surface area contributed by atoms with E-state index in [1.807, 2.05) is 6.92 Å². The summed E-state index contributed by atoms with van der Waals surface area (Å²) in [4.78, 5) is 41.9. The average Bonchev–Trinajstić information content (AvgIpc) is 2.58. The monoisotopic (exact) mass is 331 g/mol. The number of allylic oxidation sites excluding steroid dienone is 1. The predicted molar refractivity (Wildman–Crippen MR) is 92.7 cm³/mol. The molecule has 6 heteroatoms. The largest absolute Gasteiger partial charge is 0.331 e. The number of rotatable bonds is 7. The maximum atomic E-state index is 12.5. The van der Waals surface area contributed by atoms with Gasteiger partial charge in [-0.15, -0.1) is 6.58 Å². The number of carbonyl (C=O) groups is 3. The van der Waals surface area contributed by atoms with E-state index in [1.165, 1.54) is 24.5 Å². The molecule has 1 atom stereocenters. The van der Waals surface area contributed by atoms with Crippen LogP contribution in [-0.2, 0) is 9.59 Å². The SMILES string of the molecule is C=CCN1C(=O)NC(=O)C(C(CC)=NCCC2=CCCCC2)C1=O. The number of imide groups is 2. The third kappa shape index (κ3) is 4.19. The molecular formula is C18H25N3O3. The molecule has 1 fully saturated rings. The molecule has 24 heavy (non-hydrogen) atoms. The maximum Gasteiger partial charge on any atom is 0.331 e. The molecule has 1 unspecified atom stereocenters. The molecule has 0 bridgehead atoms. The minimum atomic E-state index is -1.01. The summed E-state index contributed by atoms with van der Waals surface area (Å²) < 4.78 is 0. The minimum absolute atomic E-state index is 0.0817. The highest BCUT2D eigenvalue weighted by atomic mass is 16.2. The van der Waals surface area contributed by atoms with Gasteiger partial charge in [-0.1, -0.05) is 24.6 Å². The highest BCUT2D eigenvalue weighted by Gasteiger charge is 2.42. The van der Waals surface area contributed by atoms with E-state index in [-0.39, 0.29) is 6.54 Å². The first-order valence-electron chi connectivity index (χ1n) is 8.56. The van der Waals surface area contributed by atoms with E-state index in [1.54, 1.807) is 0 Å². The van der Waals surface area contributed by atoms with Crippen LogP contribution in [0.4, 0.5) is 4.79 Å². The minimum Gasteiger partial charge on any atom is -0.292 e. The van der Waals surface area contributed by atoms with Crippen molar-refractivity contribution in [3.63, 3.8) is 0 Å². The van der Waals surface area contributed by atoms with Crippen LogP contribution in [0.25, 0.3) is 0 Å². The van der Waals surface area contributed by atoms with E-state index in [9.17, 15) is 14.4 Å². The van der Waals surface area contributed by atoms with Crippen molar-refractivity contribution in [1.29, 1.82) is 0 Å². The summed E-state index contributed by atoms with van der Waals surface area (Å²) in [6.07, 6.45) is 9.80. The molecule has 4 amide bonds. The number of nitrogens with one attached hydrogen (secondary N) is 1. The predicted octanol–water partition coefficient (Wildman–Crippen LogP) is 2.61. The molecule has 2 rings (SSSR count). The van der Waals surface area contributed by atoms with Crippen LogP contribution in [0.15, 0.2) is 29.3 Å². The zero-order valence-corrected chi connectivity index (χ0v) is 14.2. The van der Waals surface area contributed by atoms with Gasteiger partial charge in [-0.05, 0) is 38.5 Å². The van der Waals surface area contributed by atoms with Gasteiger partial charge in [-0.3, -0.25) is 24.8 Å². The lowest BCUT2D eigenvalue weighted by Gasteiger charge is -2.29. The van der Waals surface area contributed by atoms with Crippen molar-refractivity contribution in [2.75, 3.05) is 13.1 Å². The van der Waals surface area contributed by atoms with Crippen molar-refractivity contribution in [3.05, 3.63) is 24.3 Å². The van der Waals surface area contributed by atoms with Gasteiger partial charge in [0.25, 0.3) is 0 Å².